The molecule has 0 unspecified atom stereocenters. The average molecular weight is 931 g/mol. The van der Waals surface area contributed by atoms with Crippen LogP contribution in [0.5, 0.6) is 0 Å². The molecule has 0 saturated carbocycles. The molecule has 2 aliphatic rings. The predicted molar refractivity (Wildman–Crippen MR) is 269 cm³/mol. The van der Waals surface area contributed by atoms with Gasteiger partial charge in [-0.2, -0.15) is 5.10 Å². The number of amides is 4. The number of hydrogen-bond acceptors (Lipinski definition) is 12. The lowest BCUT2D eigenvalue weighted by molar-refractivity contribution is 0.00578. The smallest absolute Gasteiger partial charge is 0.428 e. The zero-order valence-corrected chi connectivity index (χ0v) is 42.4. The van der Waals surface area contributed by atoms with E-state index in [1.165, 1.54) is 14.9 Å². The lowest BCUT2D eigenvalue weighted by atomic mass is 9.69. The van der Waals surface area contributed by atoms with Crippen LogP contribution in [0.3, 0.4) is 0 Å². The number of hydrogen-bond donors (Lipinski definition) is 5. The van der Waals surface area contributed by atoms with Gasteiger partial charge in [0.1, 0.15) is 6.29 Å². The summed E-state index contributed by atoms with van der Waals surface area (Å²) < 4.78 is 12.2. The molecule has 4 aromatic carbocycles. The van der Waals surface area contributed by atoms with E-state index >= 15 is 0 Å². The summed E-state index contributed by atoms with van der Waals surface area (Å²) in [6.45, 7) is 26.5. The predicted octanol–water partition coefficient (Wildman–Crippen LogP) is 4.94. The molecule has 0 radical (unpaired) electrons. The number of benzene rings is 4. The third kappa shape index (κ3) is 13.1. The summed E-state index contributed by atoms with van der Waals surface area (Å²) in [6.07, 6.45) is 2.35. The molecule has 68 heavy (non-hydrogen) atoms. The number of aryl methyl sites for hydroxylation is 4. The Balaban J connectivity index is 0.000000283. The van der Waals surface area contributed by atoms with Gasteiger partial charge in [0, 0.05) is 34.9 Å². The Bertz CT molecular complexity index is 2510. The van der Waals surface area contributed by atoms with Gasteiger partial charge >= 0.3 is 14.2 Å². The third-order valence-electron chi connectivity index (χ3n) is 11.5. The van der Waals surface area contributed by atoms with Crippen molar-refractivity contribution < 1.29 is 38.3 Å². The molecular weight excluding hydrogens is 862 g/mol. The lowest BCUT2D eigenvalue weighted by Gasteiger charge is -2.35. The number of carbonyl (C=O) groups is 5. The van der Waals surface area contributed by atoms with Crippen molar-refractivity contribution in [3.05, 3.63) is 128 Å². The number of carbonyl (C=O) groups excluding carboxylic acids is 5. The number of hydrazone groups is 1. The van der Waals surface area contributed by atoms with E-state index in [1.54, 1.807) is 68.8 Å². The van der Waals surface area contributed by atoms with Crippen LogP contribution < -0.4 is 33.0 Å². The molecule has 16 nitrogen and oxygen atoms in total. The standard InChI is InChI=1S/C27H35BN2O5.C22H27BN4O3.CH6N2/c1-17-12-18(2)14-21(13-17)24(33)30(25(3,4)5)29-23(32)19-10-11-20(16-31)22(15-19)28-34-26(6,7)27(8,9)35-28;1-14-9-15(2)11-18(10-14)21(29)27(22(3,4)5)25-20(28)16-7-8-17-13-24-26(6)23(30)19(17)12-16;1-3-2/h10-16H,1-9H3,(H,29,32);7-13,30H,1-6H3,(H,25,28);3H,2H2,1H3. The molecule has 0 atom stereocenters. The molecule has 4 aromatic rings. The first-order valence-corrected chi connectivity index (χ1v) is 22.3. The van der Waals surface area contributed by atoms with Gasteiger partial charge < -0.3 is 19.3 Å². The highest BCUT2D eigenvalue weighted by Crippen LogP contribution is 2.37. The largest absolute Gasteiger partial charge is 0.495 e. The zero-order valence-electron chi connectivity index (χ0n) is 42.4. The van der Waals surface area contributed by atoms with Crippen LogP contribution in [0.25, 0.3) is 0 Å². The van der Waals surface area contributed by atoms with Crippen molar-refractivity contribution in [2.75, 3.05) is 14.1 Å². The van der Waals surface area contributed by atoms with E-state index in [0.717, 1.165) is 27.8 Å². The van der Waals surface area contributed by atoms with Crippen molar-refractivity contribution in [3.63, 3.8) is 0 Å². The van der Waals surface area contributed by atoms with Gasteiger partial charge in [0.25, 0.3) is 23.6 Å². The number of rotatable bonds is 6. The van der Waals surface area contributed by atoms with Crippen molar-refractivity contribution in [3.8, 4) is 0 Å². The van der Waals surface area contributed by atoms with Gasteiger partial charge in [-0.3, -0.25) is 46.1 Å². The van der Waals surface area contributed by atoms with Gasteiger partial charge in [-0.05, 0) is 169 Å². The Labute approximate surface area is 402 Å². The monoisotopic (exact) mass is 931 g/mol. The van der Waals surface area contributed by atoms with Crippen LogP contribution >= 0.6 is 0 Å². The summed E-state index contributed by atoms with van der Waals surface area (Å²) in [4.78, 5) is 66.1. The number of nitrogens with zero attached hydrogens (tertiary/aromatic N) is 4. The van der Waals surface area contributed by atoms with E-state index < -0.39 is 48.3 Å². The summed E-state index contributed by atoms with van der Waals surface area (Å²) >= 11 is 0. The van der Waals surface area contributed by atoms with Crippen LogP contribution in [0.1, 0.15) is 149 Å². The third-order valence-corrected chi connectivity index (χ3v) is 11.5. The molecule has 0 aromatic heterocycles. The van der Waals surface area contributed by atoms with E-state index in [4.69, 9.17) is 9.31 Å². The highest BCUT2D eigenvalue weighted by molar-refractivity contribution is 6.65. The molecule has 6 N–H and O–H groups in total. The Kier molecular flexibility index (Phi) is 17.1. The zero-order chi connectivity index (χ0) is 51.3. The van der Waals surface area contributed by atoms with Gasteiger partial charge in [0.2, 0.25) is 0 Å². The Morgan fingerprint density at radius 2 is 1.06 bits per heavy atom. The Hall–Kier alpha value is -6.17. The molecule has 0 aliphatic carbocycles. The van der Waals surface area contributed by atoms with E-state index in [0.29, 0.717) is 39.5 Å². The second-order valence-electron chi connectivity index (χ2n) is 20.1. The maximum atomic E-state index is 13.4. The molecule has 362 valence electrons. The van der Waals surface area contributed by atoms with Crippen molar-refractivity contribution in [2.45, 2.75) is 119 Å². The molecule has 6 rings (SSSR count). The topological polar surface area (TPSA) is 208 Å². The first-order chi connectivity index (χ1) is 31.4. The van der Waals surface area contributed by atoms with Gasteiger partial charge in [-0.15, -0.1) is 0 Å². The highest BCUT2D eigenvalue weighted by Gasteiger charge is 2.52. The minimum atomic E-state index is -0.937. The second kappa shape index (κ2) is 21.4. The average Bonchev–Trinajstić information content (AvgIpc) is 3.46. The molecule has 0 spiro atoms. The number of fused-ring (bicyclic) bond motifs is 1. The van der Waals surface area contributed by atoms with Crippen LogP contribution in [0.2, 0.25) is 0 Å². The summed E-state index contributed by atoms with van der Waals surface area (Å²) in [5.74, 6) is 3.09. The van der Waals surface area contributed by atoms with Crippen LogP contribution in [-0.2, 0) is 9.31 Å². The van der Waals surface area contributed by atoms with Crippen molar-refractivity contribution in [2.24, 2.45) is 10.9 Å². The van der Waals surface area contributed by atoms with Crippen molar-refractivity contribution >= 4 is 61.2 Å². The fraction of sp³-hybridized carbons (Fsp3) is 0.400. The van der Waals surface area contributed by atoms with Gasteiger partial charge in [0.05, 0.1) is 28.5 Å². The maximum absolute atomic E-state index is 13.4. The minimum absolute atomic E-state index is 0.280. The normalized spacial score (nSPS) is 14.6. The number of hydrazine groups is 3. The fourth-order valence-electron chi connectivity index (χ4n) is 7.31. The van der Waals surface area contributed by atoms with E-state index in [9.17, 15) is 29.0 Å². The summed E-state index contributed by atoms with van der Waals surface area (Å²) in [5.41, 5.74) is 12.9. The molecular formula is C50H68B2N8O8. The number of nitrogens with one attached hydrogen (secondary N) is 3. The van der Waals surface area contributed by atoms with Gasteiger partial charge in [-0.1, -0.05) is 46.5 Å². The molecule has 0 bridgehead atoms. The molecule has 4 amide bonds. The first-order valence-electron chi connectivity index (χ1n) is 22.3. The SMILES string of the molecule is CNN.Cc1cc(C)cc(C(=O)N(NC(=O)c2ccc(C=O)c(B3OC(C)(C)C(C)(C)O3)c2)C(C)(C)C)c1.Cc1cc(C)cc(C(=O)N(NC(=O)c2ccc3c(c2)B(O)N(C)N=C3)C(C)(C)C)c1. The highest BCUT2D eigenvalue weighted by atomic mass is 16.7. The number of nitrogens with two attached hydrogens (primary N) is 1. The van der Waals surface area contributed by atoms with Crippen LogP contribution in [0.4, 0.5) is 0 Å². The minimum Gasteiger partial charge on any atom is -0.428 e. The van der Waals surface area contributed by atoms with E-state index in [-0.39, 0.29) is 17.4 Å². The van der Waals surface area contributed by atoms with Crippen LogP contribution in [-0.4, -0.2) is 107 Å². The van der Waals surface area contributed by atoms with Gasteiger partial charge in [0.15, 0.2) is 0 Å². The quantitative estimate of drug-likeness (QED) is 0.0758. The van der Waals surface area contributed by atoms with E-state index in [2.05, 4.69) is 27.2 Å². The van der Waals surface area contributed by atoms with Crippen LogP contribution in [0, 0.1) is 27.7 Å². The molecule has 18 heteroatoms. The summed E-state index contributed by atoms with van der Waals surface area (Å²) in [7, 11) is 1.57. The second-order valence-corrected chi connectivity index (χ2v) is 20.1. The van der Waals surface area contributed by atoms with Crippen LogP contribution in [0.15, 0.2) is 77.9 Å². The van der Waals surface area contributed by atoms with Crippen molar-refractivity contribution in [1.82, 2.24) is 31.2 Å². The summed E-state index contributed by atoms with van der Waals surface area (Å²) in [5, 5.41) is 17.1. The Morgan fingerprint density at radius 3 is 1.44 bits per heavy atom. The lowest BCUT2D eigenvalue weighted by Crippen LogP contribution is -2.56. The Morgan fingerprint density at radius 1 is 0.676 bits per heavy atom. The molecule has 1 saturated heterocycles. The molecule has 2 aliphatic heterocycles. The molecule has 1 fully saturated rings. The van der Waals surface area contributed by atoms with Gasteiger partial charge in [-0.25, -0.2) is 10.0 Å². The first kappa shape index (κ1) is 54.4. The fourth-order valence-corrected chi connectivity index (χ4v) is 7.31. The number of aldehydes is 1. The van der Waals surface area contributed by atoms with E-state index in [1.807, 2.05) is 121 Å². The summed E-state index contributed by atoms with van der Waals surface area (Å²) in [6, 6.07) is 20.9. The maximum Gasteiger partial charge on any atom is 0.495 e. The molecule has 2 heterocycles. The van der Waals surface area contributed by atoms with Crippen molar-refractivity contribution in [1.29, 1.82) is 0 Å².